The fourth-order valence-corrected chi connectivity index (χ4v) is 6.82. The van der Waals surface area contributed by atoms with Crippen molar-refractivity contribution in [2.75, 3.05) is 13.2 Å². The Labute approximate surface area is 162 Å². The lowest BCUT2D eigenvalue weighted by Crippen LogP contribution is -2.56. The summed E-state index contributed by atoms with van der Waals surface area (Å²) in [6, 6.07) is 0. The Hall–Kier alpha value is -0.910. The van der Waals surface area contributed by atoms with Crippen molar-refractivity contribution in [3.63, 3.8) is 0 Å². The van der Waals surface area contributed by atoms with E-state index in [1.165, 1.54) is 12.5 Å². The van der Waals surface area contributed by atoms with Gasteiger partial charge in [0.05, 0.1) is 12.7 Å². The summed E-state index contributed by atoms with van der Waals surface area (Å²) in [5, 5.41) is 30.5. The van der Waals surface area contributed by atoms with E-state index in [9.17, 15) is 20.1 Å². The van der Waals surface area contributed by atoms with Crippen LogP contribution in [-0.4, -0.2) is 46.7 Å². The maximum absolute atomic E-state index is 11.5. The van der Waals surface area contributed by atoms with Crippen molar-refractivity contribution >= 4 is 5.97 Å². The summed E-state index contributed by atoms with van der Waals surface area (Å²) in [6.07, 6.45) is 6.60. The topological polar surface area (TPSA) is 87.0 Å². The number of fused-ring (bicyclic) bond motifs is 3. The molecule has 0 aromatic rings. The molecule has 0 aromatic carbocycles. The lowest BCUT2D eigenvalue weighted by Gasteiger charge is -2.61. The maximum Gasteiger partial charge on any atom is 0.303 e. The van der Waals surface area contributed by atoms with Crippen LogP contribution in [0.4, 0.5) is 0 Å². The number of allylic oxidation sites excluding steroid dienone is 1. The highest BCUT2D eigenvalue weighted by Gasteiger charge is 2.58. The van der Waals surface area contributed by atoms with Gasteiger partial charge in [-0.3, -0.25) is 4.79 Å². The molecule has 0 aromatic heterocycles. The van der Waals surface area contributed by atoms with Gasteiger partial charge in [-0.05, 0) is 61.2 Å². The molecule has 0 aliphatic heterocycles. The van der Waals surface area contributed by atoms with E-state index in [0.29, 0.717) is 18.3 Å². The minimum absolute atomic E-state index is 0.0310. The van der Waals surface area contributed by atoms with Crippen molar-refractivity contribution in [3.05, 3.63) is 11.6 Å². The molecule has 2 saturated carbocycles. The average Bonchev–Trinajstić information content (AvgIpc) is 2.58. The smallest absolute Gasteiger partial charge is 0.303 e. The summed E-state index contributed by atoms with van der Waals surface area (Å²) < 4.78 is 5.41. The second kappa shape index (κ2) is 7.16. The molecule has 3 aliphatic carbocycles. The van der Waals surface area contributed by atoms with E-state index in [0.717, 1.165) is 32.1 Å². The van der Waals surface area contributed by atoms with Crippen LogP contribution in [0.3, 0.4) is 0 Å². The largest absolute Gasteiger partial charge is 0.459 e. The van der Waals surface area contributed by atoms with Crippen molar-refractivity contribution in [2.45, 2.75) is 78.4 Å². The Kier molecular flexibility index (Phi) is 5.52. The lowest BCUT2D eigenvalue weighted by atomic mass is 9.44. The second-order valence-corrected chi connectivity index (χ2v) is 10.1. The van der Waals surface area contributed by atoms with Crippen LogP contribution in [0.5, 0.6) is 0 Å². The number of hydrogen-bond donors (Lipinski definition) is 3. The highest BCUT2D eigenvalue weighted by Crippen LogP contribution is 2.64. The van der Waals surface area contributed by atoms with Gasteiger partial charge in [0.2, 0.25) is 0 Å². The third-order valence-corrected chi connectivity index (χ3v) is 8.04. The number of hydrogen-bond acceptors (Lipinski definition) is 5. The Morgan fingerprint density at radius 1 is 1.26 bits per heavy atom. The third kappa shape index (κ3) is 3.47. The average molecular weight is 381 g/mol. The first-order valence-corrected chi connectivity index (χ1v) is 10.4. The zero-order valence-corrected chi connectivity index (χ0v) is 17.2. The van der Waals surface area contributed by atoms with Crippen LogP contribution >= 0.6 is 0 Å². The molecule has 0 bridgehead atoms. The van der Waals surface area contributed by atoms with E-state index in [1.54, 1.807) is 0 Å². The quantitative estimate of drug-likeness (QED) is 0.516. The van der Waals surface area contributed by atoms with Gasteiger partial charge in [0.25, 0.3) is 0 Å². The van der Waals surface area contributed by atoms with E-state index in [1.807, 2.05) is 0 Å². The van der Waals surface area contributed by atoms with Gasteiger partial charge in [0.1, 0.15) is 6.10 Å². The number of esters is 1. The van der Waals surface area contributed by atoms with Crippen LogP contribution in [0.2, 0.25) is 0 Å². The van der Waals surface area contributed by atoms with Crippen LogP contribution in [0, 0.1) is 28.1 Å². The predicted molar refractivity (Wildman–Crippen MR) is 103 cm³/mol. The molecule has 7 atom stereocenters. The second-order valence-electron chi connectivity index (χ2n) is 10.1. The van der Waals surface area contributed by atoms with E-state index in [-0.39, 0.29) is 41.5 Å². The minimum atomic E-state index is -0.520. The van der Waals surface area contributed by atoms with Gasteiger partial charge < -0.3 is 20.1 Å². The molecular weight excluding hydrogens is 344 g/mol. The number of carbonyl (C=O) groups is 1. The standard InChI is InChI=1S/C22H36O5/c1-14(25)27-19(12-23)20(2)8-7-17-15(9-20)5-6-18-21(3,13-24)10-16(26)11-22(17,18)4/h9,16-19,23-24,26H,5-8,10-13H2,1-4H3/t16-,17+,18-,19-,20+,21+,22+/m1/s1. The van der Waals surface area contributed by atoms with Crippen LogP contribution in [0.1, 0.15) is 66.2 Å². The molecule has 27 heavy (non-hydrogen) atoms. The molecule has 154 valence electrons. The lowest BCUT2D eigenvalue weighted by molar-refractivity contribution is -0.157. The van der Waals surface area contributed by atoms with E-state index in [4.69, 9.17) is 4.74 Å². The molecule has 0 saturated heterocycles. The maximum atomic E-state index is 11.5. The first-order chi connectivity index (χ1) is 12.6. The van der Waals surface area contributed by atoms with Gasteiger partial charge in [-0.25, -0.2) is 0 Å². The van der Waals surface area contributed by atoms with Gasteiger partial charge in [-0.2, -0.15) is 0 Å². The molecule has 0 amide bonds. The van der Waals surface area contributed by atoms with Crippen molar-refractivity contribution in [2.24, 2.45) is 28.1 Å². The molecule has 0 spiro atoms. The molecule has 3 aliphatic rings. The summed E-state index contributed by atoms with van der Waals surface area (Å²) in [7, 11) is 0. The Morgan fingerprint density at radius 2 is 1.96 bits per heavy atom. The first-order valence-electron chi connectivity index (χ1n) is 10.4. The first kappa shape index (κ1) is 20.8. The normalized spacial score (nSPS) is 45.3. The number of aliphatic hydroxyl groups is 3. The summed E-state index contributed by atoms with van der Waals surface area (Å²) in [6.45, 7) is 7.82. The highest BCUT2D eigenvalue weighted by atomic mass is 16.6. The number of carbonyl (C=O) groups excluding carboxylic acids is 1. The number of aliphatic hydroxyl groups excluding tert-OH is 3. The zero-order valence-electron chi connectivity index (χ0n) is 17.2. The minimum Gasteiger partial charge on any atom is -0.459 e. The molecule has 3 rings (SSSR count). The molecule has 3 N–H and O–H groups in total. The van der Waals surface area contributed by atoms with Crippen LogP contribution < -0.4 is 0 Å². The van der Waals surface area contributed by atoms with E-state index in [2.05, 4.69) is 26.8 Å². The number of rotatable bonds is 4. The van der Waals surface area contributed by atoms with E-state index < -0.39 is 6.10 Å². The van der Waals surface area contributed by atoms with Crippen molar-refractivity contribution in [1.82, 2.24) is 0 Å². The summed E-state index contributed by atoms with van der Waals surface area (Å²) in [4.78, 5) is 11.5. The SMILES string of the molecule is CC(=O)O[C@H](CO)[C@]1(C)C=C2CC[C@@H]3[C@](C)(CO)C[C@@H](O)C[C@@]3(C)[C@H]2CC1. The summed E-state index contributed by atoms with van der Waals surface area (Å²) >= 11 is 0. The Balaban J connectivity index is 1.92. The van der Waals surface area contributed by atoms with Crippen molar-refractivity contribution in [1.29, 1.82) is 0 Å². The van der Waals surface area contributed by atoms with Crippen molar-refractivity contribution < 1.29 is 24.9 Å². The van der Waals surface area contributed by atoms with Crippen LogP contribution in [0.15, 0.2) is 11.6 Å². The Bertz CT molecular complexity index is 616. The Morgan fingerprint density at radius 3 is 2.56 bits per heavy atom. The van der Waals surface area contributed by atoms with Crippen molar-refractivity contribution in [3.8, 4) is 0 Å². The summed E-state index contributed by atoms with van der Waals surface area (Å²) in [5.41, 5.74) is 0.756. The van der Waals surface area contributed by atoms with E-state index >= 15 is 0 Å². The fourth-order valence-electron chi connectivity index (χ4n) is 6.82. The molecule has 5 nitrogen and oxygen atoms in total. The molecular formula is C22H36O5. The molecule has 0 heterocycles. The van der Waals surface area contributed by atoms with Gasteiger partial charge in [0, 0.05) is 18.9 Å². The molecule has 0 unspecified atom stereocenters. The highest BCUT2D eigenvalue weighted by molar-refractivity contribution is 5.66. The zero-order chi connectivity index (χ0) is 20.0. The molecule has 5 heteroatoms. The van der Waals surface area contributed by atoms with Gasteiger partial charge in [-0.15, -0.1) is 0 Å². The predicted octanol–water partition coefficient (Wildman–Crippen LogP) is 2.82. The number of ether oxygens (including phenoxy) is 1. The van der Waals surface area contributed by atoms with Gasteiger partial charge in [-0.1, -0.05) is 32.4 Å². The van der Waals surface area contributed by atoms with Crippen LogP contribution in [-0.2, 0) is 9.53 Å². The molecule has 2 fully saturated rings. The third-order valence-electron chi connectivity index (χ3n) is 8.04. The van der Waals surface area contributed by atoms with Gasteiger partial charge >= 0.3 is 5.97 Å². The summed E-state index contributed by atoms with van der Waals surface area (Å²) in [5.74, 6) is 0.411. The molecule has 0 radical (unpaired) electrons. The monoisotopic (exact) mass is 380 g/mol. The fraction of sp³-hybridized carbons (Fsp3) is 0.864. The van der Waals surface area contributed by atoms with Gasteiger partial charge in [0.15, 0.2) is 0 Å². The van der Waals surface area contributed by atoms with Crippen LogP contribution in [0.25, 0.3) is 0 Å².